The Morgan fingerprint density at radius 1 is 1.35 bits per heavy atom. The third-order valence-corrected chi connectivity index (χ3v) is 2.07. The molecule has 0 radical (unpaired) electrons. The van der Waals surface area contributed by atoms with Crippen LogP contribution < -0.4 is 10.6 Å². The Kier molecular flexibility index (Phi) is 7.49. The van der Waals surface area contributed by atoms with E-state index in [2.05, 4.69) is 15.4 Å². The molecular formula is C10H18N2O5. The van der Waals surface area contributed by atoms with Gasteiger partial charge in [0.25, 0.3) is 0 Å². The molecule has 0 fully saturated rings. The average molecular weight is 246 g/mol. The Hall–Kier alpha value is -1.79. The summed E-state index contributed by atoms with van der Waals surface area (Å²) in [5, 5.41) is 13.3. The van der Waals surface area contributed by atoms with E-state index >= 15 is 0 Å². The fourth-order valence-electron chi connectivity index (χ4n) is 1.10. The maximum Gasteiger partial charge on any atom is 0.326 e. The number of ether oxygens (including phenoxy) is 1. The molecule has 2 amide bonds. The van der Waals surface area contributed by atoms with E-state index in [1.165, 1.54) is 7.11 Å². The molecule has 0 aliphatic rings. The zero-order chi connectivity index (χ0) is 13.3. The minimum atomic E-state index is -1.09. The number of hydrogen-bond donors (Lipinski definition) is 3. The summed E-state index contributed by atoms with van der Waals surface area (Å²) in [6, 6.07) is -1.63. The summed E-state index contributed by atoms with van der Waals surface area (Å²) < 4.78 is 4.32. The van der Waals surface area contributed by atoms with E-state index in [1.807, 2.05) is 6.92 Å². The maximum absolute atomic E-state index is 11.2. The van der Waals surface area contributed by atoms with Crippen LogP contribution in [0.4, 0.5) is 4.79 Å². The maximum atomic E-state index is 11.2. The molecule has 98 valence electrons. The average Bonchev–Trinajstić information content (AvgIpc) is 2.30. The number of amides is 2. The topological polar surface area (TPSA) is 105 Å². The van der Waals surface area contributed by atoms with Gasteiger partial charge in [-0.2, -0.15) is 0 Å². The largest absolute Gasteiger partial charge is 0.480 e. The van der Waals surface area contributed by atoms with Crippen molar-refractivity contribution in [3.05, 3.63) is 0 Å². The molecule has 3 N–H and O–H groups in total. The molecular weight excluding hydrogens is 228 g/mol. The summed E-state index contributed by atoms with van der Waals surface area (Å²) >= 11 is 0. The van der Waals surface area contributed by atoms with Crippen molar-refractivity contribution in [3.8, 4) is 0 Å². The van der Waals surface area contributed by atoms with Crippen LogP contribution in [0.3, 0.4) is 0 Å². The summed E-state index contributed by atoms with van der Waals surface area (Å²) in [6.07, 6.45) is 1.90. The van der Waals surface area contributed by atoms with Gasteiger partial charge in [0, 0.05) is 0 Å². The Balaban J connectivity index is 4.03. The molecule has 1 atom stereocenters. The van der Waals surface area contributed by atoms with Crippen LogP contribution in [0.1, 0.15) is 26.2 Å². The quantitative estimate of drug-likeness (QED) is 0.553. The molecule has 0 aromatic carbocycles. The number of carboxylic acid groups (broad SMARTS) is 1. The number of unbranched alkanes of at least 4 members (excludes halogenated alkanes) is 1. The van der Waals surface area contributed by atoms with Crippen molar-refractivity contribution >= 4 is 18.0 Å². The molecule has 0 aliphatic carbocycles. The zero-order valence-electron chi connectivity index (χ0n) is 9.99. The van der Waals surface area contributed by atoms with Crippen LogP contribution in [-0.2, 0) is 14.3 Å². The van der Waals surface area contributed by atoms with Gasteiger partial charge in [-0.25, -0.2) is 9.59 Å². The molecule has 0 saturated carbocycles. The van der Waals surface area contributed by atoms with Crippen molar-refractivity contribution < 1.29 is 24.2 Å². The molecule has 0 saturated heterocycles. The predicted molar refractivity (Wildman–Crippen MR) is 59.5 cm³/mol. The first-order chi connectivity index (χ1) is 8.01. The van der Waals surface area contributed by atoms with E-state index in [0.29, 0.717) is 12.8 Å². The van der Waals surface area contributed by atoms with E-state index in [0.717, 1.165) is 6.42 Å². The number of nitrogens with one attached hydrogen (secondary N) is 2. The SMILES string of the molecule is CCCC[C@H](NC(=O)NCC(=O)OC)C(=O)O. The second-order valence-corrected chi connectivity index (χ2v) is 3.44. The highest BCUT2D eigenvalue weighted by atomic mass is 16.5. The lowest BCUT2D eigenvalue weighted by Crippen LogP contribution is -2.47. The minimum absolute atomic E-state index is 0.289. The van der Waals surface area contributed by atoms with Gasteiger partial charge in [-0.1, -0.05) is 19.8 Å². The first-order valence-electron chi connectivity index (χ1n) is 5.35. The molecule has 0 aromatic rings. The van der Waals surface area contributed by atoms with Crippen LogP contribution >= 0.6 is 0 Å². The Morgan fingerprint density at radius 3 is 2.47 bits per heavy atom. The third-order valence-electron chi connectivity index (χ3n) is 2.07. The van der Waals surface area contributed by atoms with E-state index in [4.69, 9.17) is 5.11 Å². The van der Waals surface area contributed by atoms with E-state index in [1.54, 1.807) is 0 Å². The van der Waals surface area contributed by atoms with Crippen LogP contribution in [0, 0.1) is 0 Å². The number of carboxylic acids is 1. The second kappa shape index (κ2) is 8.37. The number of carbonyl (C=O) groups excluding carboxylic acids is 2. The molecule has 7 heteroatoms. The summed E-state index contributed by atoms with van der Waals surface area (Å²) in [5.74, 6) is -1.69. The number of rotatable bonds is 7. The van der Waals surface area contributed by atoms with Gasteiger partial charge in [-0.15, -0.1) is 0 Å². The van der Waals surface area contributed by atoms with Gasteiger partial charge in [-0.3, -0.25) is 4.79 Å². The van der Waals surface area contributed by atoms with Crippen LogP contribution in [0.15, 0.2) is 0 Å². The highest BCUT2D eigenvalue weighted by molar-refractivity contribution is 5.84. The standard InChI is InChI=1S/C10H18N2O5/c1-3-4-5-7(9(14)15)12-10(16)11-6-8(13)17-2/h7H,3-6H2,1-2H3,(H,14,15)(H2,11,12,16)/t7-/m0/s1. The molecule has 0 bridgehead atoms. The van der Waals surface area contributed by atoms with Crippen LogP contribution in [0.5, 0.6) is 0 Å². The van der Waals surface area contributed by atoms with Crippen molar-refractivity contribution in [1.82, 2.24) is 10.6 Å². The van der Waals surface area contributed by atoms with Crippen LogP contribution in [-0.4, -0.2) is 42.8 Å². The Morgan fingerprint density at radius 2 is 2.00 bits per heavy atom. The highest BCUT2D eigenvalue weighted by Gasteiger charge is 2.19. The lowest BCUT2D eigenvalue weighted by atomic mass is 10.1. The molecule has 0 aromatic heterocycles. The fraction of sp³-hybridized carbons (Fsp3) is 0.700. The van der Waals surface area contributed by atoms with Crippen LogP contribution in [0.25, 0.3) is 0 Å². The van der Waals surface area contributed by atoms with E-state index < -0.39 is 24.0 Å². The normalized spacial score (nSPS) is 11.4. The number of hydrogen-bond acceptors (Lipinski definition) is 4. The van der Waals surface area contributed by atoms with Gasteiger partial charge in [0.1, 0.15) is 12.6 Å². The van der Waals surface area contributed by atoms with Crippen molar-refractivity contribution in [2.24, 2.45) is 0 Å². The number of esters is 1. The van der Waals surface area contributed by atoms with Crippen molar-refractivity contribution in [3.63, 3.8) is 0 Å². The number of methoxy groups -OCH3 is 1. The number of carbonyl (C=O) groups is 3. The van der Waals surface area contributed by atoms with Crippen molar-refractivity contribution in [2.45, 2.75) is 32.2 Å². The molecule has 0 aliphatic heterocycles. The van der Waals surface area contributed by atoms with E-state index in [9.17, 15) is 14.4 Å². The Labute approximate surface area is 99.5 Å². The first kappa shape index (κ1) is 15.2. The molecule has 17 heavy (non-hydrogen) atoms. The molecule has 0 rings (SSSR count). The first-order valence-corrected chi connectivity index (χ1v) is 5.35. The number of urea groups is 1. The van der Waals surface area contributed by atoms with E-state index in [-0.39, 0.29) is 6.54 Å². The lowest BCUT2D eigenvalue weighted by Gasteiger charge is -2.14. The minimum Gasteiger partial charge on any atom is -0.480 e. The van der Waals surface area contributed by atoms with Crippen molar-refractivity contribution in [2.75, 3.05) is 13.7 Å². The van der Waals surface area contributed by atoms with Gasteiger partial charge in [-0.05, 0) is 6.42 Å². The van der Waals surface area contributed by atoms with Gasteiger partial charge in [0.05, 0.1) is 7.11 Å². The summed E-state index contributed by atoms with van der Waals surface area (Å²) in [7, 11) is 1.20. The smallest absolute Gasteiger partial charge is 0.326 e. The highest BCUT2D eigenvalue weighted by Crippen LogP contribution is 2.00. The molecule has 0 heterocycles. The van der Waals surface area contributed by atoms with Gasteiger partial charge >= 0.3 is 18.0 Å². The summed E-state index contributed by atoms with van der Waals surface area (Å²) in [4.78, 5) is 32.8. The lowest BCUT2D eigenvalue weighted by molar-refractivity contribution is -0.139. The fourth-order valence-corrected chi connectivity index (χ4v) is 1.10. The zero-order valence-corrected chi connectivity index (χ0v) is 9.99. The molecule has 0 unspecified atom stereocenters. The summed E-state index contributed by atoms with van der Waals surface area (Å²) in [5.41, 5.74) is 0. The van der Waals surface area contributed by atoms with Gasteiger partial charge < -0.3 is 20.5 Å². The van der Waals surface area contributed by atoms with Gasteiger partial charge in [0.2, 0.25) is 0 Å². The van der Waals surface area contributed by atoms with Crippen LogP contribution in [0.2, 0.25) is 0 Å². The predicted octanol–water partition coefficient (Wildman–Crippen LogP) is 0.102. The van der Waals surface area contributed by atoms with Crippen molar-refractivity contribution in [1.29, 1.82) is 0 Å². The Bertz CT molecular complexity index is 280. The monoisotopic (exact) mass is 246 g/mol. The van der Waals surface area contributed by atoms with Gasteiger partial charge in [0.15, 0.2) is 0 Å². The number of aliphatic carboxylic acids is 1. The third kappa shape index (κ3) is 7.15. The molecule has 7 nitrogen and oxygen atoms in total. The summed E-state index contributed by atoms with van der Waals surface area (Å²) in [6.45, 7) is 1.64. The second-order valence-electron chi connectivity index (χ2n) is 3.44. The molecule has 0 spiro atoms.